The Hall–Kier alpha value is -2.38. The van der Waals surface area contributed by atoms with Crippen LogP contribution in [-0.2, 0) is 41.8 Å². The summed E-state index contributed by atoms with van der Waals surface area (Å²) in [5.74, 6) is -1.36. The fraction of sp³-hybridized carbons (Fsp3) is 0.755. The van der Waals surface area contributed by atoms with E-state index in [4.69, 9.17) is 18.5 Å². The van der Waals surface area contributed by atoms with E-state index in [2.05, 4.69) is 67.0 Å². The molecule has 0 aliphatic heterocycles. The lowest BCUT2D eigenvalue weighted by Gasteiger charge is -2.43. The highest BCUT2D eigenvalue weighted by Gasteiger charge is 2.54. The number of allylic oxidation sites excluding steroid dienone is 9. The van der Waals surface area contributed by atoms with Crippen LogP contribution in [0.1, 0.15) is 168 Å². The van der Waals surface area contributed by atoms with E-state index in [1.807, 2.05) is 12.2 Å². The maximum atomic E-state index is 13.0. The number of rotatable bonds is 41. The van der Waals surface area contributed by atoms with Gasteiger partial charge < -0.3 is 54.8 Å². The SMILES string of the molecule is CCCCC/C=C\C/C=C\C/C=C\C/C=C\CCCCCC(=O)OC[C@H](COP(=O)(O)O[C@H]1C(O)C(O)C(O)[C@@H](OP(=O)(O)O)C1O)OC(=O)CCCCCCC[C@H](O)[C@@H](O)C/C=C\CCCCC. The van der Waals surface area contributed by atoms with Crippen molar-refractivity contribution in [2.45, 2.75) is 223 Å². The molecule has 0 aromatic rings. The number of ether oxygens (including phenoxy) is 2. The highest BCUT2D eigenvalue weighted by Crippen LogP contribution is 2.49. The minimum Gasteiger partial charge on any atom is -0.462 e. The Morgan fingerprint density at radius 2 is 0.986 bits per heavy atom. The van der Waals surface area contributed by atoms with Crippen molar-refractivity contribution in [3.05, 3.63) is 60.8 Å². The van der Waals surface area contributed by atoms with E-state index in [0.717, 1.165) is 83.5 Å². The number of phosphoric acid groups is 2. The van der Waals surface area contributed by atoms with E-state index < -0.39 is 95.7 Å². The van der Waals surface area contributed by atoms with Gasteiger partial charge in [0.15, 0.2) is 6.10 Å². The normalized spacial score (nSPS) is 22.5. The van der Waals surface area contributed by atoms with Crippen molar-refractivity contribution in [3.8, 4) is 0 Å². The monoisotopic (exact) mass is 1020 g/mol. The van der Waals surface area contributed by atoms with Crippen LogP contribution in [0.5, 0.6) is 0 Å². The molecule has 1 saturated carbocycles. The highest BCUT2D eigenvalue weighted by molar-refractivity contribution is 7.47. The molecular weight excluding hydrogens is 938 g/mol. The molecule has 9 N–H and O–H groups in total. The number of unbranched alkanes of at least 4 members (excludes halogenated alkanes) is 13. The lowest BCUT2D eigenvalue weighted by atomic mass is 9.85. The van der Waals surface area contributed by atoms with Crippen LogP contribution in [0.2, 0.25) is 0 Å². The average Bonchev–Trinajstić information content (AvgIpc) is 3.30. The van der Waals surface area contributed by atoms with Gasteiger partial charge in [0.05, 0.1) is 18.8 Å². The van der Waals surface area contributed by atoms with E-state index in [1.165, 1.54) is 19.3 Å². The van der Waals surface area contributed by atoms with Crippen LogP contribution in [0, 0.1) is 0 Å². The van der Waals surface area contributed by atoms with Crippen LogP contribution in [0.25, 0.3) is 0 Å². The second-order valence-electron chi connectivity index (χ2n) is 17.5. The van der Waals surface area contributed by atoms with Crippen molar-refractivity contribution in [2.24, 2.45) is 0 Å². The number of carbonyl (C=O) groups is 2. The van der Waals surface area contributed by atoms with Crippen molar-refractivity contribution in [2.75, 3.05) is 13.2 Å². The molecule has 69 heavy (non-hydrogen) atoms. The van der Waals surface area contributed by atoms with E-state index in [0.29, 0.717) is 38.5 Å². The first-order valence-corrected chi connectivity index (χ1v) is 28.0. The standard InChI is InChI=1S/C49H86O18P2/c1-3-5-7-9-11-12-13-14-15-16-17-18-19-20-21-22-23-27-31-35-42(52)63-37-39(38-64-69(61,62)67-49-46(56)44(54)45(55)48(47(49)57)66-68(58,59)60)65-43(53)36-32-28-24-26-30-34-41(51)40(50)33-29-25-10-8-6-4-2/h11-12,14-15,17-18,20-21,25,29,39-41,44-51,54-57H,3-10,13,16,19,22-24,26-28,30-38H2,1-2H3,(H,61,62)(H2,58,59,60)/b12-11-,15-14-,18-17-,21-20-,29-25-/t39-,40+,41+,44?,45?,46?,47?,48-,49+/m1/s1. The molecule has 0 bridgehead atoms. The smallest absolute Gasteiger partial charge is 0.462 e. The van der Waals surface area contributed by atoms with Gasteiger partial charge in [0.2, 0.25) is 0 Å². The molecule has 1 aliphatic carbocycles. The van der Waals surface area contributed by atoms with Gasteiger partial charge >= 0.3 is 27.6 Å². The second-order valence-corrected chi connectivity index (χ2v) is 20.1. The average molecular weight is 1030 g/mol. The van der Waals surface area contributed by atoms with Gasteiger partial charge in [0.1, 0.15) is 43.2 Å². The molecule has 20 heteroatoms. The molecule has 0 radical (unpaired) electrons. The maximum absolute atomic E-state index is 13.0. The number of hydrogen-bond donors (Lipinski definition) is 9. The predicted molar refractivity (Wildman–Crippen MR) is 262 cm³/mol. The molecule has 0 spiro atoms. The Labute approximate surface area is 410 Å². The van der Waals surface area contributed by atoms with Gasteiger partial charge in [-0.2, -0.15) is 0 Å². The van der Waals surface area contributed by atoms with Gasteiger partial charge in [-0.1, -0.05) is 132 Å². The van der Waals surface area contributed by atoms with E-state index >= 15 is 0 Å². The third kappa shape index (κ3) is 33.1. The van der Waals surface area contributed by atoms with Crippen molar-refractivity contribution in [3.63, 3.8) is 0 Å². The summed E-state index contributed by atoms with van der Waals surface area (Å²) in [6.45, 7) is 2.87. The van der Waals surface area contributed by atoms with Crippen LogP contribution < -0.4 is 0 Å². The Morgan fingerprint density at radius 1 is 0.522 bits per heavy atom. The van der Waals surface area contributed by atoms with Crippen LogP contribution in [0.3, 0.4) is 0 Å². The summed E-state index contributed by atoms with van der Waals surface area (Å²) in [5.41, 5.74) is 0. The highest BCUT2D eigenvalue weighted by atomic mass is 31.2. The molecule has 0 amide bonds. The summed E-state index contributed by atoms with van der Waals surface area (Å²) >= 11 is 0. The quantitative estimate of drug-likeness (QED) is 0.0122. The number of hydrogen-bond acceptors (Lipinski definition) is 15. The molecular formula is C49H86O18P2. The van der Waals surface area contributed by atoms with Crippen molar-refractivity contribution in [1.29, 1.82) is 0 Å². The van der Waals surface area contributed by atoms with E-state index in [9.17, 15) is 64.0 Å². The molecule has 1 fully saturated rings. The number of esters is 2. The first-order chi connectivity index (χ1) is 32.9. The first-order valence-electron chi connectivity index (χ1n) is 25.0. The second kappa shape index (κ2) is 39.2. The van der Waals surface area contributed by atoms with Crippen LogP contribution in [0.4, 0.5) is 0 Å². The van der Waals surface area contributed by atoms with E-state index in [-0.39, 0.29) is 12.8 Å². The summed E-state index contributed by atoms with van der Waals surface area (Å²) in [6, 6.07) is 0. The fourth-order valence-electron chi connectivity index (χ4n) is 7.21. The Bertz CT molecular complexity index is 1600. The van der Waals surface area contributed by atoms with Gasteiger partial charge in [0.25, 0.3) is 0 Å². The summed E-state index contributed by atoms with van der Waals surface area (Å²) in [6.07, 6.45) is 23.2. The lowest BCUT2D eigenvalue weighted by molar-refractivity contribution is -0.216. The predicted octanol–water partition coefficient (Wildman–Crippen LogP) is 7.78. The largest absolute Gasteiger partial charge is 0.472 e. The molecule has 1 aliphatic rings. The summed E-state index contributed by atoms with van der Waals surface area (Å²) in [4.78, 5) is 54.4. The molecule has 0 aromatic carbocycles. The maximum Gasteiger partial charge on any atom is 0.472 e. The van der Waals surface area contributed by atoms with E-state index in [1.54, 1.807) is 0 Å². The number of aliphatic hydroxyl groups excluding tert-OH is 6. The third-order valence-corrected chi connectivity index (χ3v) is 12.8. The van der Waals surface area contributed by atoms with Gasteiger partial charge in [-0.05, 0) is 83.5 Å². The first kappa shape index (κ1) is 64.6. The van der Waals surface area contributed by atoms with Crippen LogP contribution in [-0.4, -0.2) is 125 Å². The van der Waals surface area contributed by atoms with Gasteiger partial charge in [-0.25, -0.2) is 9.13 Å². The van der Waals surface area contributed by atoms with Crippen LogP contribution in [0.15, 0.2) is 60.8 Å². The molecule has 10 atom stereocenters. The van der Waals surface area contributed by atoms with Gasteiger partial charge in [-0.3, -0.25) is 23.2 Å². The Balaban J connectivity index is 2.64. The van der Waals surface area contributed by atoms with Crippen molar-refractivity contribution < 1.29 is 87.1 Å². The Morgan fingerprint density at radius 3 is 1.54 bits per heavy atom. The van der Waals surface area contributed by atoms with Gasteiger partial charge in [-0.15, -0.1) is 0 Å². The zero-order valence-electron chi connectivity index (χ0n) is 40.9. The zero-order valence-corrected chi connectivity index (χ0v) is 42.7. The summed E-state index contributed by atoms with van der Waals surface area (Å²) in [7, 11) is -10.8. The molecule has 5 unspecified atom stereocenters. The minimum absolute atomic E-state index is 0.0490. The summed E-state index contributed by atoms with van der Waals surface area (Å²) in [5, 5.41) is 61.8. The third-order valence-electron chi connectivity index (χ3n) is 11.3. The molecule has 1 rings (SSSR count). The molecule has 18 nitrogen and oxygen atoms in total. The molecule has 0 heterocycles. The zero-order chi connectivity index (χ0) is 51.3. The topological polar surface area (TPSA) is 296 Å². The molecule has 0 aromatic heterocycles. The number of carbonyl (C=O) groups excluding carboxylic acids is 2. The fourth-order valence-corrected chi connectivity index (χ4v) is 8.75. The number of aliphatic hydroxyl groups is 6. The molecule has 400 valence electrons. The molecule has 0 saturated heterocycles. The van der Waals surface area contributed by atoms with Crippen molar-refractivity contribution in [1.82, 2.24) is 0 Å². The summed E-state index contributed by atoms with van der Waals surface area (Å²) < 4.78 is 49.3. The van der Waals surface area contributed by atoms with Crippen LogP contribution >= 0.6 is 15.6 Å². The Kier molecular flexibility index (Phi) is 36.7. The lowest BCUT2D eigenvalue weighted by Crippen LogP contribution is -2.64. The number of phosphoric ester groups is 2. The van der Waals surface area contributed by atoms with Crippen molar-refractivity contribution >= 4 is 27.6 Å². The van der Waals surface area contributed by atoms with Gasteiger partial charge in [0, 0.05) is 12.8 Å². The minimum atomic E-state index is -5.39.